The zero-order chi connectivity index (χ0) is 13.3. The van der Waals surface area contributed by atoms with Crippen molar-refractivity contribution in [1.82, 2.24) is 25.9 Å². The first kappa shape index (κ1) is 13.5. The van der Waals surface area contributed by atoms with Gasteiger partial charge in [-0.1, -0.05) is 35.5 Å². The largest absolute Gasteiger partial charge is 0.348 e. The number of aromatic amines is 1. The Labute approximate surface area is 115 Å². The minimum atomic E-state index is -0.0112. The number of thioether (sulfide) groups is 1. The molecule has 0 fully saturated rings. The van der Waals surface area contributed by atoms with Gasteiger partial charge in [0.25, 0.3) is 0 Å². The maximum Gasteiger partial charge on any atom is 0.230 e. The molecule has 2 N–H and O–H groups in total. The van der Waals surface area contributed by atoms with E-state index in [4.69, 9.17) is 0 Å². The lowest BCUT2D eigenvalue weighted by Gasteiger charge is -2.03. The summed E-state index contributed by atoms with van der Waals surface area (Å²) in [6, 6.07) is 10.2. The van der Waals surface area contributed by atoms with Gasteiger partial charge in [0.05, 0.1) is 12.3 Å². The summed E-state index contributed by atoms with van der Waals surface area (Å²) in [5.74, 6) is 1.86. The maximum atomic E-state index is 11.5. The predicted octanol–water partition coefficient (Wildman–Crippen LogP) is 0.792. The first-order valence-electron chi connectivity index (χ1n) is 5.95. The lowest BCUT2D eigenvalue weighted by molar-refractivity contribution is -0.118. The van der Waals surface area contributed by atoms with Gasteiger partial charge in [-0.25, -0.2) is 0 Å². The zero-order valence-electron chi connectivity index (χ0n) is 10.4. The van der Waals surface area contributed by atoms with Crippen LogP contribution < -0.4 is 5.32 Å². The molecule has 0 atom stereocenters. The smallest absolute Gasteiger partial charge is 0.230 e. The van der Waals surface area contributed by atoms with Gasteiger partial charge in [-0.05, 0) is 17.7 Å². The van der Waals surface area contributed by atoms with Crippen LogP contribution in [0.25, 0.3) is 0 Å². The number of benzene rings is 1. The van der Waals surface area contributed by atoms with Crippen molar-refractivity contribution in [3.8, 4) is 0 Å². The van der Waals surface area contributed by atoms with E-state index in [1.807, 2.05) is 18.2 Å². The van der Waals surface area contributed by atoms with Gasteiger partial charge in [0, 0.05) is 0 Å². The molecule has 1 heterocycles. The summed E-state index contributed by atoms with van der Waals surface area (Å²) < 4.78 is 0. The SMILES string of the molecule is O=C(CSCCc1ccccc1)NCc1nn[nH]n1. The van der Waals surface area contributed by atoms with Crippen LogP contribution in [0, 0.1) is 0 Å². The number of nitrogens with zero attached hydrogens (tertiary/aromatic N) is 3. The molecule has 2 aromatic rings. The number of carbonyl (C=O) groups excluding carboxylic acids is 1. The van der Waals surface area contributed by atoms with E-state index < -0.39 is 0 Å². The fourth-order valence-corrected chi connectivity index (χ4v) is 2.30. The summed E-state index contributed by atoms with van der Waals surface area (Å²) in [4.78, 5) is 11.5. The number of nitrogens with one attached hydrogen (secondary N) is 2. The van der Waals surface area contributed by atoms with E-state index in [9.17, 15) is 4.79 Å². The average Bonchev–Trinajstić information content (AvgIpc) is 2.96. The second-order valence-electron chi connectivity index (χ2n) is 3.89. The normalized spacial score (nSPS) is 10.3. The molecule has 7 heteroatoms. The zero-order valence-corrected chi connectivity index (χ0v) is 11.2. The van der Waals surface area contributed by atoms with Crippen LogP contribution in [0.15, 0.2) is 30.3 Å². The van der Waals surface area contributed by atoms with Crippen molar-refractivity contribution in [2.24, 2.45) is 0 Å². The third-order valence-electron chi connectivity index (χ3n) is 2.44. The standard InChI is InChI=1S/C12H15N5OS/c18-12(13-8-11-14-16-17-15-11)9-19-7-6-10-4-2-1-3-5-10/h1-5H,6-9H2,(H,13,18)(H,14,15,16,17). The van der Waals surface area contributed by atoms with Crippen LogP contribution in [-0.2, 0) is 17.8 Å². The Hall–Kier alpha value is -1.89. The molecule has 0 bridgehead atoms. The van der Waals surface area contributed by atoms with Crippen LogP contribution in [0.3, 0.4) is 0 Å². The van der Waals surface area contributed by atoms with Crippen molar-refractivity contribution in [3.63, 3.8) is 0 Å². The van der Waals surface area contributed by atoms with Crippen molar-refractivity contribution in [2.45, 2.75) is 13.0 Å². The van der Waals surface area contributed by atoms with E-state index in [0.717, 1.165) is 12.2 Å². The van der Waals surface area contributed by atoms with E-state index in [0.29, 0.717) is 18.1 Å². The monoisotopic (exact) mass is 277 g/mol. The number of rotatable bonds is 7. The molecule has 0 spiro atoms. The van der Waals surface area contributed by atoms with Gasteiger partial charge in [0.15, 0.2) is 5.82 Å². The van der Waals surface area contributed by atoms with Gasteiger partial charge in [0.2, 0.25) is 5.91 Å². The number of hydrogen-bond donors (Lipinski definition) is 2. The Morgan fingerprint density at radius 2 is 2.16 bits per heavy atom. The number of H-pyrrole nitrogens is 1. The summed E-state index contributed by atoms with van der Waals surface area (Å²) in [5, 5.41) is 16.0. The summed E-state index contributed by atoms with van der Waals surface area (Å²) in [6.07, 6.45) is 0.976. The summed E-state index contributed by atoms with van der Waals surface area (Å²) in [7, 11) is 0. The molecule has 0 radical (unpaired) electrons. The second kappa shape index (κ2) is 7.52. The molecule has 1 aromatic carbocycles. The highest BCUT2D eigenvalue weighted by Gasteiger charge is 2.03. The number of amides is 1. The first-order valence-corrected chi connectivity index (χ1v) is 7.11. The Bertz CT molecular complexity index is 488. The Kier molecular flexibility index (Phi) is 5.36. The van der Waals surface area contributed by atoms with Gasteiger partial charge in [-0.2, -0.15) is 17.0 Å². The van der Waals surface area contributed by atoms with Gasteiger partial charge >= 0.3 is 0 Å². The molecule has 0 saturated carbocycles. The van der Waals surface area contributed by atoms with Crippen molar-refractivity contribution in [2.75, 3.05) is 11.5 Å². The Morgan fingerprint density at radius 1 is 1.32 bits per heavy atom. The Morgan fingerprint density at radius 3 is 2.89 bits per heavy atom. The maximum absolute atomic E-state index is 11.5. The summed E-state index contributed by atoms with van der Waals surface area (Å²) >= 11 is 1.62. The van der Waals surface area contributed by atoms with Crippen molar-refractivity contribution in [3.05, 3.63) is 41.7 Å². The van der Waals surface area contributed by atoms with Gasteiger partial charge in [-0.3, -0.25) is 4.79 Å². The fourth-order valence-electron chi connectivity index (χ4n) is 1.49. The molecule has 2 rings (SSSR count). The fraction of sp³-hybridized carbons (Fsp3) is 0.333. The van der Waals surface area contributed by atoms with Crippen LogP contribution in [0.4, 0.5) is 0 Å². The van der Waals surface area contributed by atoms with Crippen molar-refractivity contribution in [1.29, 1.82) is 0 Å². The van der Waals surface area contributed by atoms with E-state index in [1.54, 1.807) is 11.8 Å². The first-order chi connectivity index (χ1) is 9.34. The number of aromatic nitrogens is 4. The van der Waals surface area contributed by atoms with Crippen LogP contribution in [-0.4, -0.2) is 38.0 Å². The average molecular weight is 277 g/mol. The number of hydrogen-bond acceptors (Lipinski definition) is 5. The molecule has 0 aliphatic rings. The molecular formula is C12H15N5OS. The lowest BCUT2D eigenvalue weighted by atomic mass is 10.2. The topological polar surface area (TPSA) is 83.6 Å². The van der Waals surface area contributed by atoms with Crippen LogP contribution in [0.1, 0.15) is 11.4 Å². The van der Waals surface area contributed by atoms with Gasteiger partial charge in [0.1, 0.15) is 0 Å². The molecular weight excluding hydrogens is 262 g/mol. The highest BCUT2D eigenvalue weighted by atomic mass is 32.2. The van der Waals surface area contributed by atoms with Crippen LogP contribution >= 0.6 is 11.8 Å². The van der Waals surface area contributed by atoms with E-state index in [-0.39, 0.29) is 5.91 Å². The van der Waals surface area contributed by atoms with Crippen molar-refractivity contribution >= 4 is 17.7 Å². The molecule has 1 aromatic heterocycles. The molecule has 19 heavy (non-hydrogen) atoms. The van der Waals surface area contributed by atoms with Crippen LogP contribution in [0.5, 0.6) is 0 Å². The molecule has 0 aliphatic heterocycles. The van der Waals surface area contributed by atoms with Crippen LogP contribution in [0.2, 0.25) is 0 Å². The minimum Gasteiger partial charge on any atom is -0.348 e. The molecule has 0 unspecified atom stereocenters. The van der Waals surface area contributed by atoms with Crippen molar-refractivity contribution < 1.29 is 4.79 Å². The minimum absolute atomic E-state index is 0.0112. The van der Waals surface area contributed by atoms with E-state index in [1.165, 1.54) is 5.56 Å². The lowest BCUT2D eigenvalue weighted by Crippen LogP contribution is -2.25. The summed E-state index contributed by atoms with van der Waals surface area (Å²) in [6.45, 7) is 0.314. The van der Waals surface area contributed by atoms with Gasteiger partial charge in [-0.15, -0.1) is 10.2 Å². The molecule has 0 aliphatic carbocycles. The number of carbonyl (C=O) groups is 1. The predicted molar refractivity (Wildman–Crippen MR) is 73.5 cm³/mol. The van der Waals surface area contributed by atoms with E-state index >= 15 is 0 Å². The molecule has 6 nitrogen and oxygen atoms in total. The number of aryl methyl sites for hydroxylation is 1. The third kappa shape index (κ3) is 5.09. The highest BCUT2D eigenvalue weighted by molar-refractivity contribution is 7.99. The second-order valence-corrected chi connectivity index (χ2v) is 5.00. The molecule has 100 valence electrons. The summed E-state index contributed by atoms with van der Waals surface area (Å²) in [5.41, 5.74) is 1.29. The van der Waals surface area contributed by atoms with Gasteiger partial charge < -0.3 is 5.32 Å². The third-order valence-corrected chi connectivity index (χ3v) is 3.40. The number of tetrazole rings is 1. The molecule has 1 amide bonds. The quantitative estimate of drug-likeness (QED) is 0.731. The van der Waals surface area contributed by atoms with E-state index in [2.05, 4.69) is 38.1 Å². The Balaban J connectivity index is 1.57. The molecule has 0 saturated heterocycles. The highest BCUT2D eigenvalue weighted by Crippen LogP contribution is 2.06.